The van der Waals surface area contributed by atoms with Gasteiger partial charge in [-0.3, -0.25) is 14.6 Å². The lowest BCUT2D eigenvalue weighted by atomic mass is 10.00. The SMILES string of the molecule is Cc1c2c(cc3c1O/C(=C\c1ccccc1F)C3=O)CN(CCN1CCOCC1)CO2. The first kappa shape index (κ1) is 20.2. The largest absolute Gasteiger partial charge is 0.477 e. The highest BCUT2D eigenvalue weighted by atomic mass is 19.1. The number of morpholine rings is 1. The van der Waals surface area contributed by atoms with Gasteiger partial charge in [0.2, 0.25) is 5.78 Å². The van der Waals surface area contributed by atoms with Crippen molar-refractivity contribution in [1.82, 2.24) is 9.80 Å². The van der Waals surface area contributed by atoms with Crippen LogP contribution in [0.5, 0.6) is 11.5 Å². The van der Waals surface area contributed by atoms with Gasteiger partial charge in [-0.05, 0) is 25.1 Å². The molecule has 0 saturated carbocycles. The van der Waals surface area contributed by atoms with E-state index in [-0.39, 0.29) is 11.5 Å². The number of allylic oxidation sites excluding steroid dienone is 1. The first-order valence-corrected chi connectivity index (χ1v) is 10.6. The van der Waals surface area contributed by atoms with Crippen molar-refractivity contribution in [3.8, 4) is 11.5 Å². The minimum absolute atomic E-state index is 0.134. The van der Waals surface area contributed by atoms with Crippen LogP contribution in [0.4, 0.5) is 4.39 Å². The van der Waals surface area contributed by atoms with E-state index in [1.165, 1.54) is 12.1 Å². The van der Waals surface area contributed by atoms with Gasteiger partial charge in [0.1, 0.15) is 24.0 Å². The van der Waals surface area contributed by atoms with Crippen LogP contribution in [0.2, 0.25) is 0 Å². The van der Waals surface area contributed by atoms with E-state index < -0.39 is 5.82 Å². The molecular formula is C24H25FN2O4. The molecule has 0 N–H and O–H groups in total. The Morgan fingerprint density at radius 3 is 2.68 bits per heavy atom. The topological polar surface area (TPSA) is 51.2 Å². The Morgan fingerprint density at radius 1 is 1.10 bits per heavy atom. The third kappa shape index (κ3) is 3.96. The summed E-state index contributed by atoms with van der Waals surface area (Å²) < 4.78 is 31.3. The van der Waals surface area contributed by atoms with Crippen molar-refractivity contribution in [2.75, 3.05) is 46.1 Å². The van der Waals surface area contributed by atoms with Crippen LogP contribution >= 0.6 is 0 Å². The summed E-state index contributed by atoms with van der Waals surface area (Å²) in [6.45, 7) is 8.46. The third-order valence-electron chi connectivity index (χ3n) is 6.03. The van der Waals surface area contributed by atoms with Crippen LogP contribution in [-0.2, 0) is 11.3 Å². The van der Waals surface area contributed by atoms with Crippen molar-refractivity contribution in [3.63, 3.8) is 0 Å². The Balaban J connectivity index is 1.35. The van der Waals surface area contributed by atoms with Gasteiger partial charge < -0.3 is 14.2 Å². The van der Waals surface area contributed by atoms with Gasteiger partial charge in [0.25, 0.3) is 0 Å². The molecule has 2 aromatic rings. The summed E-state index contributed by atoms with van der Waals surface area (Å²) in [5.74, 6) is 0.802. The van der Waals surface area contributed by atoms with E-state index in [1.54, 1.807) is 18.2 Å². The van der Waals surface area contributed by atoms with Crippen LogP contribution < -0.4 is 9.47 Å². The summed E-state index contributed by atoms with van der Waals surface area (Å²) >= 11 is 0. The summed E-state index contributed by atoms with van der Waals surface area (Å²) in [6, 6.07) is 8.19. The maximum Gasteiger partial charge on any atom is 0.231 e. The van der Waals surface area contributed by atoms with Crippen molar-refractivity contribution in [2.24, 2.45) is 0 Å². The number of hydrogen-bond donors (Lipinski definition) is 0. The second kappa shape index (κ2) is 8.42. The number of benzene rings is 2. The van der Waals surface area contributed by atoms with Crippen molar-refractivity contribution >= 4 is 11.9 Å². The second-order valence-electron chi connectivity index (χ2n) is 8.11. The Kier molecular flexibility index (Phi) is 5.48. The highest BCUT2D eigenvalue weighted by molar-refractivity contribution is 6.15. The first-order chi connectivity index (χ1) is 15.1. The first-order valence-electron chi connectivity index (χ1n) is 10.6. The molecule has 0 spiro atoms. The smallest absolute Gasteiger partial charge is 0.231 e. The highest BCUT2D eigenvalue weighted by Gasteiger charge is 2.33. The molecule has 1 saturated heterocycles. The van der Waals surface area contributed by atoms with Crippen LogP contribution in [0.3, 0.4) is 0 Å². The van der Waals surface area contributed by atoms with E-state index in [2.05, 4.69) is 9.80 Å². The highest BCUT2D eigenvalue weighted by Crippen LogP contribution is 2.43. The summed E-state index contributed by atoms with van der Waals surface area (Å²) in [7, 11) is 0. The van der Waals surface area contributed by atoms with Crippen LogP contribution in [0, 0.1) is 12.7 Å². The minimum Gasteiger partial charge on any atom is -0.477 e. The van der Waals surface area contributed by atoms with E-state index in [9.17, 15) is 9.18 Å². The molecule has 6 nitrogen and oxygen atoms in total. The van der Waals surface area contributed by atoms with Gasteiger partial charge in [-0.25, -0.2) is 4.39 Å². The minimum atomic E-state index is -0.391. The van der Waals surface area contributed by atoms with Crippen molar-refractivity contribution in [1.29, 1.82) is 0 Å². The zero-order valence-electron chi connectivity index (χ0n) is 17.5. The predicted molar refractivity (Wildman–Crippen MR) is 114 cm³/mol. The van der Waals surface area contributed by atoms with Crippen LogP contribution in [0.25, 0.3) is 6.08 Å². The Bertz CT molecular complexity index is 1050. The number of ketones is 1. The number of carbonyl (C=O) groups is 1. The van der Waals surface area contributed by atoms with Gasteiger partial charge in [0.15, 0.2) is 5.76 Å². The second-order valence-corrected chi connectivity index (χ2v) is 8.11. The van der Waals surface area contributed by atoms with Gasteiger partial charge in [0, 0.05) is 49.4 Å². The molecule has 0 aliphatic carbocycles. The summed E-state index contributed by atoms with van der Waals surface area (Å²) in [5.41, 5.74) is 2.63. The normalized spacial score (nSPS) is 20.3. The summed E-state index contributed by atoms with van der Waals surface area (Å²) in [6.07, 6.45) is 1.46. The lowest BCUT2D eigenvalue weighted by Gasteiger charge is -2.33. The molecule has 31 heavy (non-hydrogen) atoms. The molecule has 0 amide bonds. The van der Waals surface area contributed by atoms with Crippen molar-refractivity contribution in [3.05, 3.63) is 64.2 Å². The molecule has 162 valence electrons. The van der Waals surface area contributed by atoms with Gasteiger partial charge in [-0.15, -0.1) is 0 Å². The fraction of sp³-hybridized carbons (Fsp3) is 0.375. The molecule has 2 aromatic carbocycles. The number of rotatable bonds is 4. The maximum atomic E-state index is 14.0. The Hall–Kier alpha value is -2.74. The fourth-order valence-corrected chi connectivity index (χ4v) is 4.28. The number of carbonyl (C=O) groups excluding carboxylic acids is 1. The Morgan fingerprint density at radius 2 is 1.87 bits per heavy atom. The van der Waals surface area contributed by atoms with E-state index in [4.69, 9.17) is 14.2 Å². The standard InChI is InChI=1S/C24H25FN2O4/c1-16-23-18(14-27(15-30-23)7-6-26-8-10-29-11-9-26)12-19-22(28)21(31-24(16)19)13-17-4-2-3-5-20(17)25/h2-5,12-13H,6-11,14-15H2,1H3/b21-13-. The zero-order chi connectivity index (χ0) is 21.4. The van der Waals surface area contributed by atoms with Gasteiger partial charge in [0.05, 0.1) is 18.8 Å². The molecule has 0 aromatic heterocycles. The van der Waals surface area contributed by atoms with E-state index in [1.807, 2.05) is 13.0 Å². The van der Waals surface area contributed by atoms with Gasteiger partial charge in [-0.1, -0.05) is 18.2 Å². The quantitative estimate of drug-likeness (QED) is 0.703. The number of Topliss-reactive ketones (excluding diaryl/α,β-unsaturated/α-hetero) is 1. The monoisotopic (exact) mass is 424 g/mol. The molecule has 0 radical (unpaired) electrons. The maximum absolute atomic E-state index is 14.0. The molecule has 0 unspecified atom stereocenters. The zero-order valence-corrected chi connectivity index (χ0v) is 17.5. The van der Waals surface area contributed by atoms with E-state index in [0.29, 0.717) is 30.2 Å². The average Bonchev–Trinajstić information content (AvgIpc) is 3.10. The van der Waals surface area contributed by atoms with E-state index >= 15 is 0 Å². The number of fused-ring (bicyclic) bond motifs is 2. The summed E-state index contributed by atoms with van der Waals surface area (Å²) in [5, 5.41) is 0. The molecule has 1 fully saturated rings. The average molecular weight is 424 g/mol. The lowest BCUT2D eigenvalue weighted by molar-refractivity contribution is 0.0239. The van der Waals surface area contributed by atoms with E-state index in [0.717, 1.165) is 56.3 Å². The fourth-order valence-electron chi connectivity index (χ4n) is 4.28. The Labute approximate surface area is 180 Å². The van der Waals surface area contributed by atoms with Crippen LogP contribution in [0.1, 0.15) is 27.0 Å². The lowest BCUT2D eigenvalue weighted by Crippen LogP contribution is -2.43. The summed E-state index contributed by atoms with van der Waals surface area (Å²) in [4.78, 5) is 17.6. The predicted octanol–water partition coefficient (Wildman–Crippen LogP) is 3.23. The third-order valence-corrected chi connectivity index (χ3v) is 6.03. The van der Waals surface area contributed by atoms with Crippen LogP contribution in [0.15, 0.2) is 36.1 Å². The molecular weight excluding hydrogens is 399 g/mol. The van der Waals surface area contributed by atoms with Gasteiger partial charge in [-0.2, -0.15) is 0 Å². The molecule has 7 heteroatoms. The van der Waals surface area contributed by atoms with Crippen molar-refractivity contribution < 1.29 is 23.4 Å². The number of ether oxygens (including phenoxy) is 3. The molecule has 3 aliphatic rings. The number of nitrogens with zero attached hydrogens (tertiary/aromatic N) is 2. The molecule has 3 aliphatic heterocycles. The van der Waals surface area contributed by atoms with Gasteiger partial charge >= 0.3 is 0 Å². The molecule has 3 heterocycles. The molecule has 0 atom stereocenters. The number of hydrogen-bond acceptors (Lipinski definition) is 6. The molecule has 5 rings (SSSR count). The number of halogens is 1. The van der Waals surface area contributed by atoms with Crippen LogP contribution in [-0.4, -0.2) is 61.7 Å². The molecule has 0 bridgehead atoms. The van der Waals surface area contributed by atoms with Crippen molar-refractivity contribution in [2.45, 2.75) is 13.5 Å².